The molecule has 90 valence electrons. The first-order valence-electron chi connectivity index (χ1n) is 6.46. The molecule has 2 aliphatic rings. The third kappa shape index (κ3) is 4.98. The van der Waals surface area contributed by atoms with Gasteiger partial charge in [0.15, 0.2) is 0 Å². The Bertz CT molecular complexity index is 162. The third-order valence-electron chi connectivity index (χ3n) is 3.70. The molecule has 0 aliphatic carbocycles. The zero-order valence-corrected chi connectivity index (χ0v) is 11.0. The molecule has 1 atom stereocenters. The van der Waals surface area contributed by atoms with Gasteiger partial charge in [0.2, 0.25) is 0 Å². The van der Waals surface area contributed by atoms with Crippen LogP contribution in [-0.2, 0) is 0 Å². The molecule has 0 aromatic rings. The molecule has 0 saturated carbocycles. The summed E-state index contributed by atoms with van der Waals surface area (Å²) < 4.78 is 0. The van der Waals surface area contributed by atoms with Gasteiger partial charge in [0.25, 0.3) is 0 Å². The Labute approximate surface area is 95.6 Å². The van der Waals surface area contributed by atoms with Crippen LogP contribution in [0.15, 0.2) is 0 Å². The molecular formula is C13H28N2. The van der Waals surface area contributed by atoms with Gasteiger partial charge in [-0.1, -0.05) is 13.8 Å². The Morgan fingerprint density at radius 2 is 1.53 bits per heavy atom. The molecule has 2 heterocycles. The van der Waals surface area contributed by atoms with E-state index in [-0.39, 0.29) is 0 Å². The summed E-state index contributed by atoms with van der Waals surface area (Å²) in [6.07, 6.45) is 4.24. The summed E-state index contributed by atoms with van der Waals surface area (Å²) in [7, 11) is 4.38. The van der Waals surface area contributed by atoms with Gasteiger partial charge in [0.1, 0.15) is 0 Å². The first-order chi connectivity index (χ1) is 7.09. The van der Waals surface area contributed by atoms with Gasteiger partial charge in [-0.25, -0.2) is 0 Å². The van der Waals surface area contributed by atoms with Gasteiger partial charge < -0.3 is 9.80 Å². The minimum atomic E-state index is 0.884. The fourth-order valence-corrected chi connectivity index (χ4v) is 2.39. The van der Waals surface area contributed by atoms with E-state index in [1.54, 1.807) is 0 Å². The Morgan fingerprint density at radius 3 is 1.73 bits per heavy atom. The van der Waals surface area contributed by atoms with Crippen LogP contribution in [-0.4, -0.2) is 50.1 Å². The van der Waals surface area contributed by atoms with E-state index in [2.05, 4.69) is 37.7 Å². The maximum Gasteiger partial charge on any atom is 0.000953 e. The molecular weight excluding hydrogens is 184 g/mol. The third-order valence-corrected chi connectivity index (χ3v) is 3.70. The van der Waals surface area contributed by atoms with Crippen molar-refractivity contribution >= 4 is 0 Å². The van der Waals surface area contributed by atoms with Crippen LogP contribution in [0.1, 0.15) is 33.1 Å². The lowest BCUT2D eigenvalue weighted by Crippen LogP contribution is -2.16. The molecule has 2 heteroatoms. The van der Waals surface area contributed by atoms with Gasteiger partial charge >= 0.3 is 0 Å². The number of hydrogen-bond acceptors (Lipinski definition) is 2. The monoisotopic (exact) mass is 212 g/mol. The van der Waals surface area contributed by atoms with E-state index in [0.29, 0.717) is 0 Å². The second-order valence-electron chi connectivity index (χ2n) is 5.57. The summed E-state index contributed by atoms with van der Waals surface area (Å²) in [4.78, 5) is 4.78. The normalized spacial score (nSPS) is 28.2. The van der Waals surface area contributed by atoms with E-state index in [9.17, 15) is 0 Å². The Hall–Kier alpha value is -0.0800. The van der Waals surface area contributed by atoms with Crippen LogP contribution in [0.4, 0.5) is 0 Å². The second-order valence-corrected chi connectivity index (χ2v) is 5.57. The quantitative estimate of drug-likeness (QED) is 0.658. The minimum absolute atomic E-state index is 0.884. The molecule has 0 spiro atoms. The van der Waals surface area contributed by atoms with E-state index < -0.39 is 0 Å². The molecule has 15 heavy (non-hydrogen) atoms. The molecule has 1 unspecified atom stereocenters. The van der Waals surface area contributed by atoms with Gasteiger partial charge in [-0.05, 0) is 64.8 Å². The summed E-state index contributed by atoms with van der Waals surface area (Å²) in [5, 5.41) is 0. The Balaban J connectivity index is 0.000000162. The fraction of sp³-hybridized carbons (Fsp3) is 1.00. The van der Waals surface area contributed by atoms with Crippen LogP contribution in [0, 0.1) is 11.8 Å². The molecule has 2 rings (SSSR count). The summed E-state index contributed by atoms with van der Waals surface area (Å²) in [6.45, 7) is 9.91. The minimum Gasteiger partial charge on any atom is -0.306 e. The smallest absolute Gasteiger partial charge is 0.000953 e. The molecule has 0 aromatic carbocycles. The van der Waals surface area contributed by atoms with Crippen molar-refractivity contribution in [3.63, 3.8) is 0 Å². The van der Waals surface area contributed by atoms with E-state index in [0.717, 1.165) is 11.8 Å². The molecule has 0 N–H and O–H groups in total. The predicted molar refractivity (Wildman–Crippen MR) is 67.2 cm³/mol. The zero-order valence-electron chi connectivity index (χ0n) is 11.0. The molecule has 0 radical (unpaired) electrons. The van der Waals surface area contributed by atoms with Crippen molar-refractivity contribution in [2.75, 3.05) is 40.3 Å². The SMILES string of the molecule is CC(C)C1CCN(C)C1.CN1CCCC1. The van der Waals surface area contributed by atoms with Crippen molar-refractivity contribution in [2.45, 2.75) is 33.1 Å². The Morgan fingerprint density at radius 1 is 0.933 bits per heavy atom. The summed E-state index contributed by atoms with van der Waals surface area (Å²) in [6, 6.07) is 0. The molecule has 0 amide bonds. The maximum absolute atomic E-state index is 2.42. The van der Waals surface area contributed by atoms with Crippen molar-refractivity contribution in [1.29, 1.82) is 0 Å². The standard InChI is InChI=1S/C8H17N.C5H11N/c1-7(2)8-4-5-9(3)6-8;1-6-4-2-3-5-6/h7-8H,4-6H2,1-3H3;2-5H2,1H3. The lowest BCUT2D eigenvalue weighted by molar-refractivity contribution is 0.352. The van der Waals surface area contributed by atoms with Crippen LogP contribution in [0.2, 0.25) is 0 Å². The average molecular weight is 212 g/mol. The number of likely N-dealkylation sites (tertiary alicyclic amines) is 2. The van der Waals surface area contributed by atoms with Crippen LogP contribution in [0.3, 0.4) is 0 Å². The molecule has 2 aliphatic heterocycles. The van der Waals surface area contributed by atoms with Crippen molar-refractivity contribution < 1.29 is 0 Å². The van der Waals surface area contributed by atoms with Crippen molar-refractivity contribution in [2.24, 2.45) is 11.8 Å². The van der Waals surface area contributed by atoms with Crippen molar-refractivity contribution in [3.05, 3.63) is 0 Å². The van der Waals surface area contributed by atoms with E-state index in [4.69, 9.17) is 0 Å². The van der Waals surface area contributed by atoms with Gasteiger partial charge in [-0.15, -0.1) is 0 Å². The molecule has 2 saturated heterocycles. The van der Waals surface area contributed by atoms with E-state index in [1.807, 2.05) is 0 Å². The van der Waals surface area contributed by atoms with Gasteiger partial charge in [-0.2, -0.15) is 0 Å². The molecule has 0 aromatic heterocycles. The fourth-order valence-electron chi connectivity index (χ4n) is 2.39. The highest BCUT2D eigenvalue weighted by atomic mass is 15.1. The van der Waals surface area contributed by atoms with Gasteiger partial charge in [0, 0.05) is 6.54 Å². The molecule has 0 bridgehead atoms. The average Bonchev–Trinajstić information content (AvgIpc) is 2.77. The molecule has 2 fully saturated rings. The van der Waals surface area contributed by atoms with E-state index >= 15 is 0 Å². The number of nitrogens with zero attached hydrogens (tertiary/aromatic N) is 2. The van der Waals surface area contributed by atoms with E-state index in [1.165, 1.54) is 45.4 Å². The predicted octanol–water partition coefficient (Wildman–Crippen LogP) is 2.31. The number of hydrogen-bond donors (Lipinski definition) is 0. The summed E-state index contributed by atoms with van der Waals surface area (Å²) >= 11 is 0. The van der Waals surface area contributed by atoms with Crippen LogP contribution in [0.25, 0.3) is 0 Å². The first-order valence-corrected chi connectivity index (χ1v) is 6.46. The molecule has 2 nitrogen and oxygen atoms in total. The highest BCUT2D eigenvalue weighted by Crippen LogP contribution is 2.21. The van der Waals surface area contributed by atoms with Crippen molar-refractivity contribution in [3.8, 4) is 0 Å². The lowest BCUT2D eigenvalue weighted by Gasteiger charge is -2.13. The second kappa shape index (κ2) is 6.49. The summed E-state index contributed by atoms with van der Waals surface area (Å²) in [5.41, 5.74) is 0. The lowest BCUT2D eigenvalue weighted by atomic mass is 9.95. The highest BCUT2D eigenvalue weighted by molar-refractivity contribution is 4.74. The van der Waals surface area contributed by atoms with Crippen LogP contribution >= 0.6 is 0 Å². The van der Waals surface area contributed by atoms with Crippen molar-refractivity contribution in [1.82, 2.24) is 9.80 Å². The van der Waals surface area contributed by atoms with Gasteiger partial charge in [0.05, 0.1) is 0 Å². The number of rotatable bonds is 1. The van der Waals surface area contributed by atoms with Gasteiger partial charge in [-0.3, -0.25) is 0 Å². The topological polar surface area (TPSA) is 6.48 Å². The summed E-state index contributed by atoms with van der Waals surface area (Å²) in [5.74, 6) is 1.85. The van der Waals surface area contributed by atoms with Crippen LogP contribution in [0.5, 0.6) is 0 Å². The largest absolute Gasteiger partial charge is 0.306 e. The zero-order chi connectivity index (χ0) is 11.3. The van der Waals surface area contributed by atoms with Crippen LogP contribution < -0.4 is 0 Å². The Kier molecular flexibility index (Phi) is 5.62. The highest BCUT2D eigenvalue weighted by Gasteiger charge is 2.21. The first kappa shape index (κ1) is 13.0. The maximum atomic E-state index is 2.42.